The van der Waals surface area contributed by atoms with Crippen molar-refractivity contribution in [2.24, 2.45) is 0 Å². The Labute approximate surface area is 190 Å². The van der Waals surface area contributed by atoms with Gasteiger partial charge in [0, 0.05) is 5.69 Å². The molecule has 1 amide bonds. The van der Waals surface area contributed by atoms with E-state index in [1.165, 1.54) is 6.33 Å². The molecule has 0 spiro atoms. The minimum absolute atomic E-state index is 0.0579. The van der Waals surface area contributed by atoms with Crippen molar-refractivity contribution in [3.8, 4) is 5.69 Å². The molecule has 2 atom stereocenters. The molecule has 9 heteroatoms. The number of halogens is 2. The maximum absolute atomic E-state index is 12.8. The Kier molecular flexibility index (Phi) is 5.85. The van der Waals surface area contributed by atoms with E-state index in [1.54, 1.807) is 15.5 Å². The van der Waals surface area contributed by atoms with Crippen LogP contribution in [0.3, 0.4) is 0 Å². The molecule has 3 heterocycles. The fraction of sp³-hybridized carbons (Fsp3) is 0.409. The third-order valence-corrected chi connectivity index (χ3v) is 5.62. The van der Waals surface area contributed by atoms with E-state index < -0.39 is 5.60 Å². The van der Waals surface area contributed by atoms with Gasteiger partial charge in [-0.1, -0.05) is 35.3 Å². The highest BCUT2D eigenvalue weighted by Gasteiger charge is 2.34. The fourth-order valence-electron chi connectivity index (χ4n) is 3.64. The molecule has 31 heavy (non-hydrogen) atoms. The Hall–Kier alpha value is -2.35. The molecule has 1 saturated heterocycles. The standard InChI is InChI=1S/C22H24Cl2N4O3/c1-13-10-27(21(29)31-22(2,3)4)17(11-30-13)14-5-7-15(8-6-14)28-18(23)9-16-19(24)25-12-26-20(16)28/h5-9,12-13,17H,10-11H2,1-4H3/t13-,17-/m1/s1. The molecular weight excluding hydrogens is 439 g/mol. The summed E-state index contributed by atoms with van der Waals surface area (Å²) in [6.45, 7) is 8.39. The van der Waals surface area contributed by atoms with E-state index in [0.717, 1.165) is 11.3 Å². The lowest BCUT2D eigenvalue weighted by Gasteiger charge is -2.39. The molecule has 0 bridgehead atoms. The van der Waals surface area contributed by atoms with Gasteiger partial charge in [-0.15, -0.1) is 0 Å². The summed E-state index contributed by atoms with van der Waals surface area (Å²) in [7, 11) is 0. The Balaban J connectivity index is 1.65. The molecule has 3 aromatic rings. The smallest absolute Gasteiger partial charge is 0.410 e. The lowest BCUT2D eigenvalue weighted by molar-refractivity contribution is -0.0644. The number of ether oxygens (including phenoxy) is 2. The summed E-state index contributed by atoms with van der Waals surface area (Å²) in [5, 5.41) is 1.52. The van der Waals surface area contributed by atoms with E-state index in [2.05, 4.69) is 9.97 Å². The van der Waals surface area contributed by atoms with Crippen LogP contribution in [0.5, 0.6) is 0 Å². The maximum atomic E-state index is 12.8. The number of hydrogen-bond acceptors (Lipinski definition) is 5. The van der Waals surface area contributed by atoms with Gasteiger partial charge in [-0.05, 0) is 51.5 Å². The van der Waals surface area contributed by atoms with Gasteiger partial charge in [0.25, 0.3) is 0 Å². The van der Waals surface area contributed by atoms with Crippen molar-refractivity contribution in [2.45, 2.75) is 45.4 Å². The SMILES string of the molecule is C[C@@H]1CN(C(=O)OC(C)(C)C)[C@@H](c2ccc(-n3c(Cl)cc4c(Cl)ncnc43)cc2)CO1. The lowest BCUT2D eigenvalue weighted by atomic mass is 10.0. The highest BCUT2D eigenvalue weighted by Crippen LogP contribution is 2.32. The van der Waals surface area contributed by atoms with Gasteiger partial charge < -0.3 is 9.47 Å². The topological polar surface area (TPSA) is 69.5 Å². The first kappa shape index (κ1) is 21.9. The highest BCUT2D eigenvalue weighted by molar-refractivity contribution is 6.36. The van der Waals surface area contributed by atoms with Gasteiger partial charge >= 0.3 is 6.09 Å². The van der Waals surface area contributed by atoms with Gasteiger partial charge in [-0.25, -0.2) is 14.8 Å². The molecule has 0 unspecified atom stereocenters. The number of hydrogen-bond donors (Lipinski definition) is 0. The molecule has 164 valence electrons. The number of benzene rings is 1. The zero-order valence-electron chi connectivity index (χ0n) is 17.8. The zero-order valence-corrected chi connectivity index (χ0v) is 19.3. The Morgan fingerprint density at radius 1 is 1.19 bits per heavy atom. The molecular formula is C22H24Cl2N4O3. The van der Waals surface area contributed by atoms with Gasteiger partial charge in [0.1, 0.15) is 22.2 Å². The summed E-state index contributed by atoms with van der Waals surface area (Å²) in [6.07, 6.45) is 1.01. The van der Waals surface area contributed by atoms with Crippen LogP contribution in [0, 0.1) is 0 Å². The van der Waals surface area contributed by atoms with Crippen LogP contribution in [0.2, 0.25) is 10.3 Å². The van der Waals surface area contributed by atoms with Crippen LogP contribution in [0.1, 0.15) is 39.3 Å². The average Bonchev–Trinajstić information content (AvgIpc) is 3.04. The molecule has 2 aromatic heterocycles. The van der Waals surface area contributed by atoms with Crippen LogP contribution in [0.15, 0.2) is 36.7 Å². The first-order valence-electron chi connectivity index (χ1n) is 10.0. The van der Waals surface area contributed by atoms with Crippen molar-refractivity contribution in [1.82, 2.24) is 19.4 Å². The van der Waals surface area contributed by atoms with Gasteiger partial charge in [0.2, 0.25) is 0 Å². The van der Waals surface area contributed by atoms with Crippen molar-refractivity contribution < 1.29 is 14.3 Å². The molecule has 1 fully saturated rings. The molecule has 4 rings (SSSR count). The number of amides is 1. The van der Waals surface area contributed by atoms with Crippen LogP contribution in [0.25, 0.3) is 16.7 Å². The predicted octanol–water partition coefficient (Wildman–Crippen LogP) is 5.42. The van der Waals surface area contributed by atoms with E-state index in [-0.39, 0.29) is 18.2 Å². The van der Waals surface area contributed by atoms with E-state index in [1.807, 2.05) is 52.0 Å². The number of nitrogens with zero attached hydrogens (tertiary/aromatic N) is 4. The van der Waals surface area contributed by atoms with Crippen molar-refractivity contribution in [1.29, 1.82) is 0 Å². The summed E-state index contributed by atoms with van der Waals surface area (Å²) in [5.41, 5.74) is 1.83. The largest absolute Gasteiger partial charge is 0.444 e. The summed E-state index contributed by atoms with van der Waals surface area (Å²) >= 11 is 12.6. The zero-order chi connectivity index (χ0) is 22.3. The van der Waals surface area contributed by atoms with E-state index in [4.69, 9.17) is 32.7 Å². The second kappa shape index (κ2) is 8.30. The fourth-order valence-corrected chi connectivity index (χ4v) is 4.11. The van der Waals surface area contributed by atoms with Gasteiger partial charge in [-0.3, -0.25) is 9.47 Å². The Morgan fingerprint density at radius 3 is 2.58 bits per heavy atom. The second-order valence-electron chi connectivity index (χ2n) is 8.59. The third-order valence-electron chi connectivity index (χ3n) is 5.04. The number of fused-ring (bicyclic) bond motifs is 1. The van der Waals surface area contributed by atoms with Crippen LogP contribution in [0.4, 0.5) is 4.79 Å². The summed E-state index contributed by atoms with van der Waals surface area (Å²) < 4.78 is 13.3. The summed E-state index contributed by atoms with van der Waals surface area (Å²) in [6, 6.07) is 9.29. The third kappa shape index (κ3) is 4.49. The van der Waals surface area contributed by atoms with E-state index in [9.17, 15) is 4.79 Å². The van der Waals surface area contributed by atoms with Gasteiger partial charge in [0.05, 0.1) is 30.7 Å². The molecule has 0 aliphatic carbocycles. The predicted molar refractivity (Wildman–Crippen MR) is 120 cm³/mol. The summed E-state index contributed by atoms with van der Waals surface area (Å²) in [4.78, 5) is 22.9. The van der Waals surface area contributed by atoms with Crippen LogP contribution < -0.4 is 0 Å². The van der Waals surface area contributed by atoms with Gasteiger partial charge in [-0.2, -0.15) is 0 Å². The lowest BCUT2D eigenvalue weighted by Crippen LogP contribution is -2.48. The van der Waals surface area contributed by atoms with Gasteiger partial charge in [0.15, 0.2) is 5.65 Å². The normalized spacial score (nSPS) is 19.6. The molecule has 0 radical (unpaired) electrons. The first-order chi connectivity index (χ1) is 14.6. The Bertz CT molecular complexity index is 1110. The number of carbonyl (C=O) groups excluding carboxylic acids is 1. The van der Waals surface area contributed by atoms with E-state index in [0.29, 0.717) is 34.5 Å². The monoisotopic (exact) mass is 462 g/mol. The average molecular weight is 463 g/mol. The van der Waals surface area contributed by atoms with Crippen LogP contribution >= 0.6 is 23.2 Å². The van der Waals surface area contributed by atoms with Crippen molar-refractivity contribution >= 4 is 40.3 Å². The van der Waals surface area contributed by atoms with Crippen molar-refractivity contribution in [3.05, 3.63) is 52.5 Å². The van der Waals surface area contributed by atoms with Crippen molar-refractivity contribution in [3.63, 3.8) is 0 Å². The number of morpholine rings is 1. The molecule has 1 aliphatic rings. The minimum Gasteiger partial charge on any atom is -0.444 e. The van der Waals surface area contributed by atoms with Crippen LogP contribution in [-0.2, 0) is 9.47 Å². The molecule has 1 aliphatic heterocycles. The number of carbonyl (C=O) groups is 1. The second-order valence-corrected chi connectivity index (χ2v) is 9.33. The summed E-state index contributed by atoms with van der Waals surface area (Å²) in [5.74, 6) is 0. The number of rotatable bonds is 2. The van der Waals surface area contributed by atoms with E-state index >= 15 is 0 Å². The van der Waals surface area contributed by atoms with Crippen LogP contribution in [-0.4, -0.2) is 50.4 Å². The molecule has 7 nitrogen and oxygen atoms in total. The molecule has 0 N–H and O–H groups in total. The molecule has 0 saturated carbocycles. The minimum atomic E-state index is -0.567. The maximum Gasteiger partial charge on any atom is 0.410 e. The molecule has 1 aromatic carbocycles. The highest BCUT2D eigenvalue weighted by atomic mass is 35.5. The van der Waals surface area contributed by atoms with Crippen molar-refractivity contribution in [2.75, 3.05) is 13.2 Å². The Morgan fingerprint density at radius 2 is 1.90 bits per heavy atom. The first-order valence-corrected chi connectivity index (χ1v) is 10.8. The number of aromatic nitrogens is 3. The quantitative estimate of drug-likeness (QED) is 0.475.